The normalized spacial score (nSPS) is 27.5. The van der Waals surface area contributed by atoms with Gasteiger partial charge in [-0.05, 0) is 42.4 Å². The highest BCUT2D eigenvalue weighted by Gasteiger charge is 2.62. The second kappa shape index (κ2) is 4.46. The lowest BCUT2D eigenvalue weighted by atomic mass is 9.70. The van der Waals surface area contributed by atoms with Crippen LogP contribution in [0.5, 0.6) is 0 Å². The molecule has 0 amide bonds. The molecular formula is C18H20Cl2N2O. The van der Waals surface area contributed by atoms with Crippen molar-refractivity contribution in [2.24, 2.45) is 12.5 Å². The SMILES string of the molecule is Cn1c2c(c(=O)n1-c1ccc(Cl)cc1Cl)[C@H]1CC[C@]2(C)C1(C)C. The average molecular weight is 351 g/mol. The van der Waals surface area contributed by atoms with E-state index in [0.717, 1.165) is 18.4 Å². The molecule has 1 saturated carbocycles. The predicted molar refractivity (Wildman–Crippen MR) is 94.1 cm³/mol. The zero-order valence-corrected chi connectivity index (χ0v) is 15.3. The Kier molecular flexibility index (Phi) is 2.97. The minimum absolute atomic E-state index is 0.0328. The Balaban J connectivity index is 2.03. The molecule has 0 N–H and O–H groups in total. The maximum Gasteiger partial charge on any atom is 0.275 e. The van der Waals surface area contributed by atoms with Crippen LogP contribution in [0.2, 0.25) is 10.0 Å². The van der Waals surface area contributed by atoms with Crippen molar-refractivity contribution in [3.8, 4) is 5.69 Å². The van der Waals surface area contributed by atoms with Crippen LogP contribution in [-0.4, -0.2) is 9.36 Å². The van der Waals surface area contributed by atoms with Crippen molar-refractivity contribution in [2.45, 2.75) is 44.9 Å². The Morgan fingerprint density at radius 1 is 1.22 bits per heavy atom. The summed E-state index contributed by atoms with van der Waals surface area (Å²) < 4.78 is 3.71. The highest BCUT2D eigenvalue weighted by atomic mass is 35.5. The summed E-state index contributed by atoms with van der Waals surface area (Å²) in [5.41, 5.74) is 3.07. The molecular weight excluding hydrogens is 331 g/mol. The van der Waals surface area contributed by atoms with Gasteiger partial charge in [-0.1, -0.05) is 44.0 Å². The standard InChI is InChI=1S/C18H20Cl2N2O/c1-17(2)11-7-8-18(17,3)15-14(11)16(23)22(21(15)4)13-6-5-10(19)9-12(13)20/h5-6,9,11H,7-8H2,1-4H3/t11-,18+/m1/s1. The fourth-order valence-corrected chi connectivity index (χ4v) is 5.44. The predicted octanol–water partition coefficient (Wildman–Crippen LogP) is 4.66. The van der Waals surface area contributed by atoms with E-state index in [2.05, 4.69) is 20.8 Å². The zero-order valence-electron chi connectivity index (χ0n) is 13.8. The fraction of sp³-hybridized carbons (Fsp3) is 0.500. The Morgan fingerprint density at radius 2 is 1.91 bits per heavy atom. The van der Waals surface area contributed by atoms with E-state index in [4.69, 9.17) is 23.2 Å². The summed E-state index contributed by atoms with van der Waals surface area (Å²) >= 11 is 12.3. The lowest BCUT2D eigenvalue weighted by Gasteiger charge is -2.36. The molecule has 2 bridgehead atoms. The molecule has 3 nitrogen and oxygen atoms in total. The Hall–Kier alpha value is -1.19. The van der Waals surface area contributed by atoms with Crippen LogP contribution in [0, 0.1) is 5.41 Å². The molecule has 1 heterocycles. The second-order valence-electron chi connectivity index (χ2n) is 7.64. The van der Waals surface area contributed by atoms with E-state index in [0.29, 0.717) is 21.7 Å². The van der Waals surface area contributed by atoms with Gasteiger partial charge in [0.25, 0.3) is 5.56 Å². The van der Waals surface area contributed by atoms with Gasteiger partial charge in [0.05, 0.1) is 16.4 Å². The molecule has 2 aliphatic rings. The van der Waals surface area contributed by atoms with Crippen molar-refractivity contribution >= 4 is 23.2 Å². The lowest BCUT2D eigenvalue weighted by Crippen LogP contribution is -2.35. The summed E-state index contributed by atoms with van der Waals surface area (Å²) in [6.45, 7) is 6.89. The summed E-state index contributed by atoms with van der Waals surface area (Å²) in [6, 6.07) is 5.27. The molecule has 0 unspecified atom stereocenters. The molecule has 0 radical (unpaired) electrons. The number of benzene rings is 1. The molecule has 122 valence electrons. The molecule has 2 atom stereocenters. The van der Waals surface area contributed by atoms with Gasteiger partial charge in [0.15, 0.2) is 0 Å². The molecule has 1 aromatic carbocycles. The summed E-state index contributed by atoms with van der Waals surface area (Å²) in [4.78, 5) is 13.2. The van der Waals surface area contributed by atoms with Gasteiger partial charge in [0.1, 0.15) is 0 Å². The monoisotopic (exact) mass is 350 g/mol. The van der Waals surface area contributed by atoms with Crippen molar-refractivity contribution in [1.29, 1.82) is 0 Å². The quantitative estimate of drug-likeness (QED) is 0.734. The highest BCUT2D eigenvalue weighted by molar-refractivity contribution is 6.35. The van der Waals surface area contributed by atoms with E-state index in [-0.39, 0.29) is 16.4 Å². The maximum atomic E-state index is 13.2. The van der Waals surface area contributed by atoms with E-state index in [9.17, 15) is 4.79 Å². The third-order valence-electron chi connectivity index (χ3n) is 6.54. The number of nitrogens with zero attached hydrogens (tertiary/aromatic N) is 2. The van der Waals surface area contributed by atoms with Gasteiger partial charge in [-0.15, -0.1) is 0 Å². The van der Waals surface area contributed by atoms with E-state index in [1.807, 2.05) is 17.8 Å². The van der Waals surface area contributed by atoms with E-state index >= 15 is 0 Å². The third kappa shape index (κ3) is 1.65. The third-order valence-corrected chi connectivity index (χ3v) is 7.07. The van der Waals surface area contributed by atoms with Crippen LogP contribution in [-0.2, 0) is 12.5 Å². The van der Waals surface area contributed by atoms with Gasteiger partial charge in [0.2, 0.25) is 0 Å². The summed E-state index contributed by atoms with van der Waals surface area (Å²) in [7, 11) is 1.97. The molecule has 1 aromatic heterocycles. The first-order valence-corrected chi connectivity index (χ1v) is 8.73. The fourth-order valence-electron chi connectivity index (χ4n) is 4.95. The van der Waals surface area contributed by atoms with Gasteiger partial charge in [-0.25, -0.2) is 4.68 Å². The van der Waals surface area contributed by atoms with Gasteiger partial charge in [-0.3, -0.25) is 9.48 Å². The Bertz CT molecular complexity index is 893. The smallest absolute Gasteiger partial charge is 0.275 e. The van der Waals surface area contributed by atoms with Crippen molar-refractivity contribution in [3.05, 3.63) is 49.9 Å². The first-order valence-electron chi connectivity index (χ1n) is 7.98. The molecule has 2 aromatic rings. The van der Waals surface area contributed by atoms with Gasteiger partial charge in [-0.2, -0.15) is 0 Å². The molecule has 2 aliphatic carbocycles. The largest absolute Gasteiger partial charge is 0.284 e. The summed E-state index contributed by atoms with van der Waals surface area (Å²) in [5, 5.41) is 1.07. The topological polar surface area (TPSA) is 26.9 Å². The average Bonchev–Trinajstić information content (AvgIpc) is 2.92. The van der Waals surface area contributed by atoms with Crippen LogP contribution in [0.3, 0.4) is 0 Å². The molecule has 23 heavy (non-hydrogen) atoms. The Labute approximate surface area is 145 Å². The molecule has 1 fully saturated rings. The summed E-state index contributed by atoms with van der Waals surface area (Å²) in [6.07, 6.45) is 2.22. The number of aromatic nitrogens is 2. The van der Waals surface area contributed by atoms with Gasteiger partial charge < -0.3 is 0 Å². The first-order chi connectivity index (χ1) is 10.7. The van der Waals surface area contributed by atoms with Crippen molar-refractivity contribution < 1.29 is 0 Å². The van der Waals surface area contributed by atoms with Crippen LogP contribution in [0.4, 0.5) is 0 Å². The van der Waals surface area contributed by atoms with Gasteiger partial charge >= 0.3 is 0 Å². The minimum atomic E-state index is 0.0328. The second-order valence-corrected chi connectivity index (χ2v) is 8.49. The molecule has 4 rings (SSSR count). The maximum absolute atomic E-state index is 13.2. The van der Waals surface area contributed by atoms with Crippen molar-refractivity contribution in [2.75, 3.05) is 0 Å². The summed E-state index contributed by atoms with van der Waals surface area (Å²) in [5.74, 6) is 0.327. The highest BCUT2D eigenvalue weighted by Crippen LogP contribution is 2.66. The number of rotatable bonds is 1. The number of hydrogen-bond acceptors (Lipinski definition) is 1. The van der Waals surface area contributed by atoms with E-state index in [1.165, 1.54) is 5.69 Å². The molecule has 5 heteroatoms. The van der Waals surface area contributed by atoms with Crippen molar-refractivity contribution in [1.82, 2.24) is 9.36 Å². The van der Waals surface area contributed by atoms with E-state index in [1.54, 1.807) is 16.8 Å². The van der Waals surface area contributed by atoms with Crippen LogP contribution >= 0.6 is 23.2 Å². The number of fused-ring (bicyclic) bond motifs is 5. The first kappa shape index (κ1) is 15.3. The van der Waals surface area contributed by atoms with Crippen LogP contribution in [0.25, 0.3) is 5.69 Å². The zero-order chi connectivity index (χ0) is 16.7. The van der Waals surface area contributed by atoms with E-state index < -0.39 is 0 Å². The van der Waals surface area contributed by atoms with Gasteiger partial charge in [0, 0.05) is 23.0 Å². The molecule has 0 aliphatic heterocycles. The van der Waals surface area contributed by atoms with Crippen LogP contribution < -0.4 is 5.56 Å². The molecule has 0 spiro atoms. The minimum Gasteiger partial charge on any atom is -0.284 e. The Morgan fingerprint density at radius 3 is 2.52 bits per heavy atom. The molecule has 0 saturated heterocycles. The van der Waals surface area contributed by atoms with Crippen molar-refractivity contribution in [3.63, 3.8) is 0 Å². The lowest BCUT2D eigenvalue weighted by molar-refractivity contribution is 0.218. The number of halogens is 2. The van der Waals surface area contributed by atoms with Crippen LogP contribution in [0.1, 0.15) is 50.8 Å². The van der Waals surface area contributed by atoms with Crippen LogP contribution in [0.15, 0.2) is 23.0 Å². The number of hydrogen-bond donors (Lipinski definition) is 0.